The lowest BCUT2D eigenvalue weighted by atomic mass is 10.2. The van der Waals surface area contributed by atoms with Crippen molar-refractivity contribution in [1.82, 2.24) is 10.2 Å². The number of carboxylic acid groups (broad SMARTS) is 1. The summed E-state index contributed by atoms with van der Waals surface area (Å²) in [5.74, 6) is -1.24. The molecule has 0 aliphatic heterocycles. The van der Waals surface area contributed by atoms with Gasteiger partial charge >= 0.3 is 12.0 Å². The highest BCUT2D eigenvalue weighted by Crippen LogP contribution is 2.27. The Kier molecular flexibility index (Phi) is 5.12. The van der Waals surface area contributed by atoms with Crippen LogP contribution in [-0.2, 0) is 9.59 Å². The van der Waals surface area contributed by atoms with Gasteiger partial charge in [0, 0.05) is 19.0 Å². The Hall–Kier alpha value is -1.59. The van der Waals surface area contributed by atoms with Crippen LogP contribution in [0.2, 0.25) is 0 Å². The Bertz CT molecular complexity index is 337. The van der Waals surface area contributed by atoms with Gasteiger partial charge in [-0.25, -0.2) is 4.79 Å². The zero-order chi connectivity index (χ0) is 13.7. The Morgan fingerprint density at radius 2 is 1.89 bits per heavy atom. The molecule has 0 aromatic rings. The van der Waals surface area contributed by atoms with E-state index in [1.165, 1.54) is 0 Å². The largest absolute Gasteiger partial charge is 0.481 e. The maximum Gasteiger partial charge on any atom is 0.324 e. The van der Waals surface area contributed by atoms with E-state index < -0.39 is 17.9 Å². The number of hydrogen-bond donors (Lipinski definition) is 2. The average Bonchev–Trinajstić information content (AvgIpc) is 3.06. The summed E-state index contributed by atoms with van der Waals surface area (Å²) in [6.07, 6.45) is 1.53. The fraction of sp³-hybridized carbons (Fsp3) is 0.750. The number of carboxylic acids is 1. The van der Waals surface area contributed by atoms with Crippen molar-refractivity contribution in [3.63, 3.8) is 0 Å². The molecule has 0 bridgehead atoms. The molecule has 6 nitrogen and oxygen atoms in total. The second kappa shape index (κ2) is 6.37. The molecule has 0 spiro atoms. The Morgan fingerprint density at radius 3 is 2.33 bits per heavy atom. The van der Waals surface area contributed by atoms with E-state index in [4.69, 9.17) is 5.11 Å². The molecule has 0 aromatic carbocycles. The molecule has 1 fully saturated rings. The Morgan fingerprint density at radius 1 is 1.28 bits per heavy atom. The maximum absolute atomic E-state index is 11.9. The number of aliphatic carboxylic acids is 1. The molecule has 0 aromatic heterocycles. The molecule has 0 unspecified atom stereocenters. The summed E-state index contributed by atoms with van der Waals surface area (Å²) in [4.78, 5) is 35.2. The lowest BCUT2D eigenvalue weighted by Gasteiger charge is -2.24. The zero-order valence-corrected chi connectivity index (χ0v) is 10.8. The maximum atomic E-state index is 11.9. The molecule has 2 N–H and O–H groups in total. The van der Waals surface area contributed by atoms with Crippen molar-refractivity contribution < 1.29 is 19.5 Å². The number of nitrogens with one attached hydrogen (secondary N) is 1. The van der Waals surface area contributed by atoms with Crippen LogP contribution in [0.1, 0.15) is 39.5 Å². The minimum absolute atomic E-state index is 0.165. The monoisotopic (exact) mass is 256 g/mol. The van der Waals surface area contributed by atoms with E-state index in [9.17, 15) is 14.4 Å². The summed E-state index contributed by atoms with van der Waals surface area (Å²) in [5, 5.41) is 10.7. The van der Waals surface area contributed by atoms with Crippen LogP contribution in [0, 0.1) is 5.92 Å². The van der Waals surface area contributed by atoms with Gasteiger partial charge in [-0.05, 0) is 18.8 Å². The lowest BCUT2D eigenvalue weighted by Crippen LogP contribution is -2.45. The van der Waals surface area contributed by atoms with Gasteiger partial charge in [0.25, 0.3) is 0 Å². The Labute approximate surface area is 106 Å². The van der Waals surface area contributed by atoms with Gasteiger partial charge in [-0.1, -0.05) is 13.8 Å². The van der Waals surface area contributed by atoms with Crippen LogP contribution in [0.4, 0.5) is 4.79 Å². The molecule has 0 heterocycles. The first-order valence-corrected chi connectivity index (χ1v) is 6.22. The van der Waals surface area contributed by atoms with Gasteiger partial charge in [-0.15, -0.1) is 0 Å². The van der Waals surface area contributed by atoms with Crippen molar-refractivity contribution in [2.75, 3.05) is 6.54 Å². The van der Waals surface area contributed by atoms with Crippen molar-refractivity contribution >= 4 is 17.9 Å². The molecular weight excluding hydrogens is 236 g/mol. The lowest BCUT2D eigenvalue weighted by molar-refractivity contribution is -0.138. The highest BCUT2D eigenvalue weighted by molar-refractivity contribution is 5.95. The predicted octanol–water partition coefficient (Wildman–Crippen LogP) is 1.21. The molecule has 102 valence electrons. The average molecular weight is 256 g/mol. The van der Waals surface area contributed by atoms with Crippen molar-refractivity contribution in [3.8, 4) is 0 Å². The van der Waals surface area contributed by atoms with E-state index in [1.807, 2.05) is 13.8 Å². The summed E-state index contributed by atoms with van der Waals surface area (Å²) in [5.41, 5.74) is 0. The van der Waals surface area contributed by atoms with Crippen molar-refractivity contribution in [2.24, 2.45) is 5.92 Å². The van der Waals surface area contributed by atoms with Gasteiger partial charge in [0.1, 0.15) is 0 Å². The number of hydrogen-bond acceptors (Lipinski definition) is 3. The number of rotatable bonds is 6. The van der Waals surface area contributed by atoms with Gasteiger partial charge in [0.05, 0.1) is 6.42 Å². The van der Waals surface area contributed by atoms with E-state index >= 15 is 0 Å². The normalized spacial score (nSPS) is 14.4. The fourth-order valence-electron chi connectivity index (χ4n) is 1.65. The van der Waals surface area contributed by atoms with Crippen LogP contribution >= 0.6 is 0 Å². The first-order chi connectivity index (χ1) is 8.40. The highest BCUT2D eigenvalue weighted by Gasteiger charge is 2.33. The van der Waals surface area contributed by atoms with Crippen molar-refractivity contribution in [3.05, 3.63) is 0 Å². The highest BCUT2D eigenvalue weighted by atomic mass is 16.4. The molecule has 18 heavy (non-hydrogen) atoms. The molecule has 1 aliphatic rings. The summed E-state index contributed by atoms with van der Waals surface area (Å²) in [6.45, 7) is 4.63. The van der Waals surface area contributed by atoms with E-state index in [0.717, 1.165) is 12.8 Å². The number of urea groups is 1. The van der Waals surface area contributed by atoms with E-state index in [-0.39, 0.29) is 18.9 Å². The number of imide groups is 1. The number of carbonyl (C=O) groups is 3. The first-order valence-electron chi connectivity index (χ1n) is 6.22. The third kappa shape index (κ3) is 5.16. The zero-order valence-electron chi connectivity index (χ0n) is 10.8. The second-order valence-corrected chi connectivity index (χ2v) is 5.02. The number of amides is 3. The van der Waals surface area contributed by atoms with Gasteiger partial charge in [-0.2, -0.15) is 0 Å². The summed E-state index contributed by atoms with van der Waals surface area (Å²) in [7, 11) is 0. The minimum atomic E-state index is -1.04. The molecule has 1 saturated carbocycles. The quantitative estimate of drug-likeness (QED) is 0.747. The molecule has 0 radical (unpaired) electrons. The van der Waals surface area contributed by atoms with Crippen LogP contribution < -0.4 is 5.32 Å². The van der Waals surface area contributed by atoms with Gasteiger partial charge in [-0.3, -0.25) is 14.9 Å². The first kappa shape index (κ1) is 14.5. The molecule has 0 atom stereocenters. The molecule has 1 rings (SSSR count). The summed E-state index contributed by atoms with van der Waals surface area (Å²) in [6, 6.07) is -0.165. The molecule has 3 amide bonds. The van der Waals surface area contributed by atoms with Crippen molar-refractivity contribution in [1.29, 1.82) is 0 Å². The van der Waals surface area contributed by atoms with E-state index in [2.05, 4.69) is 5.32 Å². The number of nitrogens with zero attached hydrogens (tertiary/aromatic N) is 1. The minimum Gasteiger partial charge on any atom is -0.481 e. The van der Waals surface area contributed by atoms with Gasteiger partial charge in [0.15, 0.2) is 0 Å². The molecular formula is C12H20N2O4. The van der Waals surface area contributed by atoms with Crippen LogP contribution in [0.3, 0.4) is 0 Å². The SMILES string of the molecule is CC(C)CN(C(=O)NC(=O)CCC(=O)O)C1CC1. The van der Waals surface area contributed by atoms with Gasteiger partial charge < -0.3 is 10.0 Å². The smallest absolute Gasteiger partial charge is 0.324 e. The van der Waals surface area contributed by atoms with Crippen LogP contribution in [0.15, 0.2) is 0 Å². The predicted molar refractivity (Wildman–Crippen MR) is 65.0 cm³/mol. The Balaban J connectivity index is 2.41. The van der Waals surface area contributed by atoms with Crippen LogP contribution in [0.25, 0.3) is 0 Å². The van der Waals surface area contributed by atoms with E-state index in [0.29, 0.717) is 12.5 Å². The van der Waals surface area contributed by atoms with E-state index in [1.54, 1.807) is 4.90 Å². The summed E-state index contributed by atoms with van der Waals surface area (Å²) >= 11 is 0. The third-order valence-electron chi connectivity index (χ3n) is 2.62. The topological polar surface area (TPSA) is 86.7 Å². The standard InChI is InChI=1S/C12H20N2O4/c1-8(2)7-14(9-3-4-9)12(18)13-10(15)5-6-11(16)17/h8-9H,3-7H2,1-2H3,(H,16,17)(H,13,15,18). The molecule has 1 aliphatic carbocycles. The van der Waals surface area contributed by atoms with Crippen LogP contribution in [0.5, 0.6) is 0 Å². The summed E-state index contributed by atoms with van der Waals surface area (Å²) < 4.78 is 0. The second-order valence-electron chi connectivity index (χ2n) is 5.02. The molecule has 6 heteroatoms. The number of carbonyl (C=O) groups excluding carboxylic acids is 2. The van der Waals surface area contributed by atoms with Crippen molar-refractivity contribution in [2.45, 2.75) is 45.6 Å². The fourth-order valence-corrected chi connectivity index (χ4v) is 1.65. The third-order valence-corrected chi connectivity index (χ3v) is 2.62. The molecule has 0 saturated heterocycles. The van der Waals surface area contributed by atoms with Gasteiger partial charge in [0.2, 0.25) is 5.91 Å². The van der Waals surface area contributed by atoms with Crippen LogP contribution in [-0.4, -0.2) is 40.5 Å².